The number of benzene rings is 1. The number of pyridine rings is 1. The monoisotopic (exact) mass is 486 g/mol. The van der Waals surface area contributed by atoms with Crippen LogP contribution in [-0.4, -0.2) is 70.9 Å². The van der Waals surface area contributed by atoms with Gasteiger partial charge in [0, 0.05) is 47.5 Å². The number of rotatable bonds is 9. The van der Waals surface area contributed by atoms with Gasteiger partial charge in [0.1, 0.15) is 5.52 Å². The number of sulfonamides is 1. The first kappa shape index (κ1) is 23.1. The summed E-state index contributed by atoms with van der Waals surface area (Å²) >= 11 is 0. The minimum atomic E-state index is -3.72. The van der Waals surface area contributed by atoms with Gasteiger partial charge in [-0.05, 0) is 75.9 Å². The molecule has 9 nitrogen and oxygen atoms in total. The maximum Gasteiger partial charge on any atom is 0.303 e. The first-order chi connectivity index (χ1) is 16.3. The Morgan fingerprint density at radius 1 is 1.26 bits per heavy atom. The van der Waals surface area contributed by atoms with Crippen molar-refractivity contribution >= 4 is 37.8 Å². The van der Waals surface area contributed by atoms with Gasteiger partial charge >= 0.3 is 5.97 Å². The summed E-state index contributed by atoms with van der Waals surface area (Å²) in [4.78, 5) is 31.8. The molecule has 0 radical (unpaired) electrons. The van der Waals surface area contributed by atoms with Crippen LogP contribution in [0.3, 0.4) is 0 Å². The summed E-state index contributed by atoms with van der Waals surface area (Å²) in [5, 5.41) is 10.3. The second kappa shape index (κ2) is 8.83. The Labute approximate surface area is 197 Å². The van der Waals surface area contributed by atoms with E-state index in [2.05, 4.69) is 21.9 Å². The average Bonchev–Trinajstić information content (AvgIpc) is 3.40. The number of fused-ring (bicyclic) bond motifs is 3. The van der Waals surface area contributed by atoms with Crippen LogP contribution in [0.1, 0.15) is 44.1 Å². The van der Waals surface area contributed by atoms with Gasteiger partial charge in [-0.25, -0.2) is 8.42 Å². The Morgan fingerprint density at radius 2 is 2.06 bits per heavy atom. The van der Waals surface area contributed by atoms with E-state index in [1.54, 1.807) is 28.7 Å². The summed E-state index contributed by atoms with van der Waals surface area (Å²) in [5.74, 6) is -0.871. The van der Waals surface area contributed by atoms with E-state index in [0.29, 0.717) is 41.2 Å². The molecule has 0 bridgehead atoms. The Hall–Kier alpha value is -2.69. The number of carbonyl (C=O) groups is 1. The maximum absolute atomic E-state index is 13.8. The van der Waals surface area contributed by atoms with Crippen molar-refractivity contribution in [2.24, 2.45) is 0 Å². The van der Waals surface area contributed by atoms with Gasteiger partial charge in [0.15, 0.2) is 0 Å². The van der Waals surface area contributed by atoms with E-state index in [9.17, 15) is 18.0 Å². The standard InChI is InChI=1S/C24H30N4O5S/c1-27-11-3-5-17(27)14-28(16-7-8-16)34(32,33)18-9-10-20-19(12-18)22-15(4-2-6-21(29)30)13-25-23(22)24(31)26-20/h9-10,12-13,16-17,25H,2-8,11,14H2,1H3,(H,26,31)(H,29,30). The van der Waals surface area contributed by atoms with E-state index in [0.717, 1.165) is 37.8 Å². The largest absolute Gasteiger partial charge is 0.481 e. The average molecular weight is 487 g/mol. The first-order valence-corrected chi connectivity index (χ1v) is 13.3. The number of hydrogen-bond acceptors (Lipinski definition) is 5. The summed E-state index contributed by atoms with van der Waals surface area (Å²) < 4.78 is 29.3. The number of aryl methyl sites for hydroxylation is 1. The quantitative estimate of drug-likeness (QED) is 0.427. The molecule has 3 aromatic rings. The van der Waals surface area contributed by atoms with Gasteiger partial charge in [0.2, 0.25) is 10.0 Å². The predicted molar refractivity (Wildman–Crippen MR) is 130 cm³/mol. The minimum Gasteiger partial charge on any atom is -0.481 e. The predicted octanol–water partition coefficient (Wildman–Crippen LogP) is 2.66. The molecule has 1 atom stereocenters. The molecule has 2 aromatic heterocycles. The number of carboxylic acid groups (broad SMARTS) is 1. The Kier molecular flexibility index (Phi) is 5.99. The summed E-state index contributed by atoms with van der Waals surface area (Å²) in [6.07, 6.45) is 6.49. The van der Waals surface area contributed by atoms with Crippen LogP contribution in [0.25, 0.3) is 21.8 Å². The van der Waals surface area contributed by atoms with Gasteiger partial charge in [0.05, 0.1) is 4.90 Å². The van der Waals surface area contributed by atoms with Gasteiger partial charge in [-0.15, -0.1) is 0 Å². The lowest BCUT2D eigenvalue weighted by Crippen LogP contribution is -2.42. The lowest BCUT2D eigenvalue weighted by atomic mass is 10.0. The van der Waals surface area contributed by atoms with Gasteiger partial charge in [-0.1, -0.05) is 0 Å². The van der Waals surface area contributed by atoms with E-state index in [-0.39, 0.29) is 29.0 Å². The molecule has 2 fully saturated rings. The fraction of sp³-hybridized carbons (Fsp3) is 0.500. The highest BCUT2D eigenvalue weighted by atomic mass is 32.2. The zero-order chi connectivity index (χ0) is 24.0. The summed E-state index contributed by atoms with van der Waals surface area (Å²) in [7, 11) is -1.66. The van der Waals surface area contributed by atoms with Crippen LogP contribution in [0.15, 0.2) is 34.1 Å². The molecule has 1 unspecified atom stereocenters. The Bertz CT molecular complexity index is 1410. The number of likely N-dealkylation sites (tertiary alicyclic amines) is 1. The Balaban J connectivity index is 1.56. The highest BCUT2D eigenvalue weighted by molar-refractivity contribution is 7.89. The number of aromatic nitrogens is 2. The second-order valence-corrected chi connectivity index (χ2v) is 11.4. The lowest BCUT2D eigenvalue weighted by molar-refractivity contribution is -0.137. The zero-order valence-electron chi connectivity index (χ0n) is 19.2. The fourth-order valence-corrected chi connectivity index (χ4v) is 6.87. The van der Waals surface area contributed by atoms with Crippen LogP contribution in [-0.2, 0) is 21.2 Å². The molecule has 1 saturated heterocycles. The van der Waals surface area contributed by atoms with Crippen molar-refractivity contribution in [1.29, 1.82) is 0 Å². The highest BCUT2D eigenvalue weighted by Gasteiger charge is 2.40. The van der Waals surface area contributed by atoms with E-state index < -0.39 is 16.0 Å². The number of H-pyrrole nitrogens is 2. The molecular weight excluding hydrogens is 456 g/mol. The normalized spacial score (nSPS) is 19.5. The zero-order valence-corrected chi connectivity index (χ0v) is 20.0. The first-order valence-electron chi connectivity index (χ1n) is 11.9. The highest BCUT2D eigenvalue weighted by Crippen LogP contribution is 2.35. The van der Waals surface area contributed by atoms with E-state index in [1.807, 2.05) is 0 Å². The molecule has 10 heteroatoms. The molecule has 0 spiro atoms. The number of aliphatic carboxylic acids is 1. The van der Waals surface area contributed by atoms with Gasteiger partial charge < -0.3 is 20.0 Å². The molecule has 3 N–H and O–H groups in total. The van der Waals surface area contributed by atoms with E-state index >= 15 is 0 Å². The number of nitrogens with zero attached hydrogens (tertiary/aromatic N) is 2. The molecule has 3 heterocycles. The molecule has 5 rings (SSSR count). The number of aromatic amines is 2. The van der Waals surface area contributed by atoms with Crippen molar-refractivity contribution in [3.8, 4) is 0 Å². The van der Waals surface area contributed by atoms with E-state index in [1.165, 1.54) is 0 Å². The minimum absolute atomic E-state index is 0.0272. The van der Waals surface area contributed by atoms with Crippen molar-refractivity contribution in [3.63, 3.8) is 0 Å². The van der Waals surface area contributed by atoms with Crippen LogP contribution < -0.4 is 5.56 Å². The molecule has 182 valence electrons. The van der Waals surface area contributed by atoms with Gasteiger partial charge in [0.25, 0.3) is 5.56 Å². The maximum atomic E-state index is 13.8. The molecule has 1 saturated carbocycles. The summed E-state index contributed by atoms with van der Waals surface area (Å²) in [6.45, 7) is 1.48. The SMILES string of the molecule is CN1CCCC1CN(C1CC1)S(=O)(=O)c1ccc2[nH]c(=O)c3[nH]cc(CCCC(=O)O)c3c2c1. The van der Waals surface area contributed by atoms with Crippen LogP contribution in [0, 0.1) is 0 Å². The molecule has 2 aliphatic rings. The van der Waals surface area contributed by atoms with Crippen molar-refractivity contribution in [3.05, 3.63) is 40.3 Å². The third kappa shape index (κ3) is 4.25. The topological polar surface area (TPSA) is 127 Å². The molecule has 0 amide bonds. The summed E-state index contributed by atoms with van der Waals surface area (Å²) in [6, 6.07) is 5.16. The third-order valence-corrected chi connectivity index (χ3v) is 9.07. The Morgan fingerprint density at radius 3 is 2.74 bits per heavy atom. The van der Waals surface area contributed by atoms with Crippen molar-refractivity contribution < 1.29 is 18.3 Å². The molecule has 1 aromatic carbocycles. The molecule has 1 aliphatic heterocycles. The third-order valence-electron chi connectivity index (χ3n) is 7.16. The van der Waals surface area contributed by atoms with Crippen LogP contribution in [0.5, 0.6) is 0 Å². The molecular formula is C24H30N4O5S. The number of nitrogens with one attached hydrogen (secondary N) is 2. The van der Waals surface area contributed by atoms with Crippen molar-refractivity contribution in [2.75, 3.05) is 20.1 Å². The van der Waals surface area contributed by atoms with Gasteiger partial charge in [-0.3, -0.25) is 9.59 Å². The van der Waals surface area contributed by atoms with Crippen LogP contribution in [0.2, 0.25) is 0 Å². The van der Waals surface area contributed by atoms with Crippen LogP contribution >= 0.6 is 0 Å². The number of likely N-dealkylation sites (N-methyl/N-ethyl adjacent to an activating group) is 1. The van der Waals surface area contributed by atoms with Crippen LogP contribution in [0.4, 0.5) is 0 Å². The number of carboxylic acids is 1. The van der Waals surface area contributed by atoms with Crippen molar-refractivity contribution in [1.82, 2.24) is 19.2 Å². The van der Waals surface area contributed by atoms with Gasteiger partial charge in [-0.2, -0.15) is 4.31 Å². The summed E-state index contributed by atoms with van der Waals surface area (Å²) in [5.41, 5.74) is 1.46. The van der Waals surface area contributed by atoms with Crippen molar-refractivity contribution in [2.45, 2.75) is 61.9 Å². The molecule has 1 aliphatic carbocycles. The lowest BCUT2D eigenvalue weighted by Gasteiger charge is -2.28. The number of hydrogen-bond donors (Lipinski definition) is 3. The van der Waals surface area contributed by atoms with E-state index in [4.69, 9.17) is 5.11 Å². The smallest absolute Gasteiger partial charge is 0.303 e. The second-order valence-electron chi connectivity index (χ2n) is 9.56. The fourth-order valence-electron chi connectivity index (χ4n) is 5.12. The molecule has 34 heavy (non-hydrogen) atoms.